The summed E-state index contributed by atoms with van der Waals surface area (Å²) in [5.41, 5.74) is -0.806. The van der Waals surface area contributed by atoms with Gasteiger partial charge in [0.15, 0.2) is 0 Å². The molecule has 0 aromatic rings. The molecule has 0 aliphatic carbocycles. The molecule has 0 radical (unpaired) electrons. The Morgan fingerprint density at radius 1 is 1.33 bits per heavy atom. The van der Waals surface area contributed by atoms with Crippen molar-refractivity contribution in [2.45, 2.75) is 39.2 Å². The van der Waals surface area contributed by atoms with Gasteiger partial charge in [0.1, 0.15) is 9.84 Å². The van der Waals surface area contributed by atoms with Crippen LogP contribution in [0.4, 0.5) is 0 Å². The fraction of sp³-hybridized carbons (Fsp3) is 1.00. The van der Waals surface area contributed by atoms with Gasteiger partial charge in [-0.1, -0.05) is 13.8 Å². The maximum absolute atomic E-state index is 11.2. The topological polar surface area (TPSA) is 66.4 Å². The summed E-state index contributed by atoms with van der Waals surface area (Å²) in [5, 5.41) is 12.9. The highest BCUT2D eigenvalue weighted by Crippen LogP contribution is 2.11. The van der Waals surface area contributed by atoms with Crippen molar-refractivity contribution >= 4 is 9.84 Å². The van der Waals surface area contributed by atoms with Crippen LogP contribution < -0.4 is 5.32 Å². The third-order valence-electron chi connectivity index (χ3n) is 2.37. The van der Waals surface area contributed by atoms with E-state index in [1.54, 1.807) is 13.8 Å². The van der Waals surface area contributed by atoms with E-state index in [1.807, 2.05) is 6.92 Å². The molecule has 0 spiro atoms. The van der Waals surface area contributed by atoms with Gasteiger partial charge in [-0.15, -0.1) is 0 Å². The van der Waals surface area contributed by atoms with Crippen LogP contribution in [0.3, 0.4) is 0 Å². The van der Waals surface area contributed by atoms with Crippen LogP contribution in [0.5, 0.6) is 0 Å². The van der Waals surface area contributed by atoms with Gasteiger partial charge in [-0.05, 0) is 26.3 Å². The van der Waals surface area contributed by atoms with Crippen molar-refractivity contribution in [1.82, 2.24) is 5.32 Å². The fourth-order valence-corrected chi connectivity index (χ4v) is 2.17. The number of likely N-dealkylation sites (N-methyl/N-ethyl adjacent to an activating group) is 1. The molecule has 2 N–H and O–H groups in total. The fourth-order valence-electron chi connectivity index (χ4n) is 1.30. The van der Waals surface area contributed by atoms with E-state index in [4.69, 9.17) is 0 Å². The Morgan fingerprint density at radius 3 is 2.40 bits per heavy atom. The number of hydrogen-bond acceptors (Lipinski definition) is 4. The number of aliphatic hydroxyl groups is 1. The Morgan fingerprint density at radius 2 is 1.93 bits per heavy atom. The Labute approximate surface area is 93.0 Å². The molecule has 15 heavy (non-hydrogen) atoms. The lowest BCUT2D eigenvalue weighted by Crippen LogP contribution is -2.38. The summed E-state index contributed by atoms with van der Waals surface area (Å²) in [4.78, 5) is 0. The van der Waals surface area contributed by atoms with E-state index in [9.17, 15) is 13.5 Å². The van der Waals surface area contributed by atoms with E-state index in [0.29, 0.717) is 19.4 Å². The van der Waals surface area contributed by atoms with Crippen LogP contribution in [0.15, 0.2) is 0 Å². The molecule has 0 saturated heterocycles. The van der Waals surface area contributed by atoms with Crippen molar-refractivity contribution in [2.75, 3.05) is 24.6 Å². The van der Waals surface area contributed by atoms with Crippen molar-refractivity contribution in [1.29, 1.82) is 0 Å². The standard InChI is InChI=1S/C10H23NO3S/c1-4-11-9-10(3,12)7-6-8-15(13,14)5-2/h11-12H,4-9H2,1-3H3. The molecule has 92 valence electrons. The molecule has 5 heteroatoms. The first kappa shape index (κ1) is 14.9. The summed E-state index contributed by atoms with van der Waals surface area (Å²) >= 11 is 0. The molecule has 0 amide bonds. The van der Waals surface area contributed by atoms with Crippen molar-refractivity contribution in [3.63, 3.8) is 0 Å². The van der Waals surface area contributed by atoms with Crippen LogP contribution in [-0.2, 0) is 9.84 Å². The second kappa shape index (κ2) is 6.45. The average Bonchev–Trinajstić information content (AvgIpc) is 2.14. The molecule has 0 fully saturated rings. The summed E-state index contributed by atoms with van der Waals surface area (Å²) in [7, 11) is -2.89. The van der Waals surface area contributed by atoms with Crippen LogP contribution in [0, 0.1) is 0 Å². The Hall–Kier alpha value is -0.130. The summed E-state index contributed by atoms with van der Waals surface area (Å²) in [5.74, 6) is 0.355. The zero-order valence-electron chi connectivity index (χ0n) is 9.91. The quantitative estimate of drug-likeness (QED) is 0.647. The molecule has 0 aromatic carbocycles. The SMILES string of the molecule is CCNCC(C)(O)CCCS(=O)(=O)CC. The third-order valence-corrected chi connectivity index (χ3v) is 4.16. The zero-order valence-corrected chi connectivity index (χ0v) is 10.7. The molecule has 0 aromatic heterocycles. The predicted octanol–water partition coefficient (Wildman–Crippen LogP) is 0.562. The summed E-state index contributed by atoms with van der Waals surface area (Å²) in [6.07, 6.45) is 1.04. The predicted molar refractivity (Wildman–Crippen MR) is 62.7 cm³/mol. The van der Waals surface area contributed by atoms with Crippen LogP contribution in [0.25, 0.3) is 0 Å². The van der Waals surface area contributed by atoms with Crippen LogP contribution in [0.2, 0.25) is 0 Å². The zero-order chi connectivity index (χ0) is 11.9. The van der Waals surface area contributed by atoms with Crippen LogP contribution in [0.1, 0.15) is 33.6 Å². The highest BCUT2D eigenvalue weighted by atomic mass is 32.2. The largest absolute Gasteiger partial charge is 0.389 e. The number of rotatable bonds is 8. The normalized spacial score (nSPS) is 16.3. The molecule has 0 rings (SSSR count). The second-order valence-corrected chi connectivity index (χ2v) is 6.59. The number of hydrogen-bond donors (Lipinski definition) is 2. The van der Waals surface area contributed by atoms with E-state index in [0.717, 1.165) is 6.54 Å². The number of nitrogens with one attached hydrogen (secondary N) is 1. The maximum Gasteiger partial charge on any atom is 0.150 e. The van der Waals surface area contributed by atoms with Gasteiger partial charge >= 0.3 is 0 Å². The molecule has 0 aliphatic rings. The van der Waals surface area contributed by atoms with Crippen molar-refractivity contribution in [3.05, 3.63) is 0 Å². The average molecular weight is 237 g/mol. The first-order valence-electron chi connectivity index (χ1n) is 5.46. The van der Waals surface area contributed by atoms with Gasteiger partial charge in [0.25, 0.3) is 0 Å². The molecular weight excluding hydrogens is 214 g/mol. The minimum atomic E-state index is -2.89. The highest BCUT2D eigenvalue weighted by molar-refractivity contribution is 7.91. The van der Waals surface area contributed by atoms with Crippen molar-refractivity contribution in [3.8, 4) is 0 Å². The summed E-state index contributed by atoms with van der Waals surface area (Å²) < 4.78 is 22.4. The van der Waals surface area contributed by atoms with Gasteiger partial charge in [0.2, 0.25) is 0 Å². The van der Waals surface area contributed by atoms with E-state index in [-0.39, 0.29) is 11.5 Å². The van der Waals surface area contributed by atoms with Crippen LogP contribution in [-0.4, -0.2) is 43.7 Å². The van der Waals surface area contributed by atoms with Gasteiger partial charge in [-0.25, -0.2) is 8.42 Å². The third kappa shape index (κ3) is 7.76. The molecule has 4 nitrogen and oxygen atoms in total. The highest BCUT2D eigenvalue weighted by Gasteiger charge is 2.20. The lowest BCUT2D eigenvalue weighted by atomic mass is 10.0. The van der Waals surface area contributed by atoms with E-state index >= 15 is 0 Å². The Kier molecular flexibility index (Phi) is 6.40. The first-order valence-corrected chi connectivity index (χ1v) is 7.28. The molecule has 0 bridgehead atoms. The van der Waals surface area contributed by atoms with E-state index in [2.05, 4.69) is 5.32 Å². The molecule has 0 saturated carbocycles. The van der Waals surface area contributed by atoms with Gasteiger partial charge in [0.05, 0.1) is 11.4 Å². The molecule has 1 atom stereocenters. The van der Waals surface area contributed by atoms with Crippen molar-refractivity contribution < 1.29 is 13.5 Å². The van der Waals surface area contributed by atoms with E-state index in [1.165, 1.54) is 0 Å². The minimum Gasteiger partial charge on any atom is -0.389 e. The smallest absolute Gasteiger partial charge is 0.150 e. The lowest BCUT2D eigenvalue weighted by Gasteiger charge is -2.23. The monoisotopic (exact) mass is 237 g/mol. The van der Waals surface area contributed by atoms with Gasteiger partial charge in [-0.2, -0.15) is 0 Å². The Balaban J connectivity index is 3.84. The molecular formula is C10H23NO3S. The van der Waals surface area contributed by atoms with Gasteiger partial charge < -0.3 is 10.4 Å². The second-order valence-electron chi connectivity index (χ2n) is 4.12. The lowest BCUT2D eigenvalue weighted by molar-refractivity contribution is 0.0509. The maximum atomic E-state index is 11.2. The van der Waals surface area contributed by atoms with Crippen LogP contribution >= 0.6 is 0 Å². The first-order chi connectivity index (χ1) is 6.83. The minimum absolute atomic E-state index is 0.172. The Bertz CT molecular complexity index is 260. The summed E-state index contributed by atoms with van der Waals surface area (Å²) in [6, 6.07) is 0. The summed E-state index contributed by atoms with van der Waals surface area (Å²) in [6.45, 7) is 6.66. The molecule has 0 heterocycles. The van der Waals surface area contributed by atoms with E-state index < -0.39 is 15.4 Å². The molecule has 0 aliphatic heterocycles. The van der Waals surface area contributed by atoms with Gasteiger partial charge in [-0.3, -0.25) is 0 Å². The van der Waals surface area contributed by atoms with Gasteiger partial charge in [0, 0.05) is 12.3 Å². The number of sulfone groups is 1. The molecule has 1 unspecified atom stereocenters. The van der Waals surface area contributed by atoms with Crippen molar-refractivity contribution in [2.24, 2.45) is 0 Å².